The van der Waals surface area contributed by atoms with E-state index in [1.165, 1.54) is 18.4 Å². The van der Waals surface area contributed by atoms with Crippen LogP contribution in [0.25, 0.3) is 0 Å². The molecule has 1 aliphatic rings. The Morgan fingerprint density at radius 2 is 2.47 bits per heavy atom. The summed E-state index contributed by atoms with van der Waals surface area (Å²) in [5.74, 6) is 2.70. The van der Waals surface area contributed by atoms with E-state index in [4.69, 9.17) is 5.73 Å². The Morgan fingerprint density at radius 1 is 1.60 bits per heavy atom. The third-order valence-corrected chi connectivity index (χ3v) is 3.49. The Labute approximate surface area is 92.6 Å². The summed E-state index contributed by atoms with van der Waals surface area (Å²) in [6.45, 7) is 0. The first-order valence-electron chi connectivity index (χ1n) is 4.86. The number of rotatable bonds is 3. The van der Waals surface area contributed by atoms with Gasteiger partial charge < -0.3 is 11.1 Å². The van der Waals surface area contributed by atoms with Crippen LogP contribution in [0.5, 0.6) is 0 Å². The highest BCUT2D eigenvalue weighted by atomic mass is 32.2. The predicted octanol–water partition coefficient (Wildman–Crippen LogP) is 1.10. The van der Waals surface area contributed by atoms with Crippen molar-refractivity contribution < 1.29 is 4.79 Å². The third-order valence-electron chi connectivity index (χ3n) is 2.33. The molecule has 4 nitrogen and oxygen atoms in total. The second kappa shape index (κ2) is 4.53. The van der Waals surface area contributed by atoms with Gasteiger partial charge in [-0.3, -0.25) is 4.79 Å². The third kappa shape index (κ3) is 2.62. The van der Waals surface area contributed by atoms with Gasteiger partial charge >= 0.3 is 0 Å². The maximum absolute atomic E-state index is 10.8. The standard InChI is InChI=1S/C10H13N3OS/c11-10(14)7-1-2-9(12-5-7)13-8-3-4-15-6-8/h1-2,5,8H,3-4,6H2,(H2,11,14)(H,12,13). The van der Waals surface area contributed by atoms with E-state index in [2.05, 4.69) is 10.3 Å². The molecule has 0 bridgehead atoms. The molecule has 0 radical (unpaired) electrons. The van der Waals surface area contributed by atoms with Crippen LogP contribution in [-0.4, -0.2) is 28.4 Å². The monoisotopic (exact) mass is 223 g/mol. The summed E-state index contributed by atoms with van der Waals surface area (Å²) in [5, 5.41) is 3.32. The van der Waals surface area contributed by atoms with Gasteiger partial charge in [-0.25, -0.2) is 4.98 Å². The first-order chi connectivity index (χ1) is 7.25. The van der Waals surface area contributed by atoms with Crippen LogP contribution in [0.2, 0.25) is 0 Å². The molecule has 1 saturated heterocycles. The Hall–Kier alpha value is -1.23. The smallest absolute Gasteiger partial charge is 0.250 e. The second-order valence-electron chi connectivity index (χ2n) is 3.50. The molecule has 1 atom stereocenters. The van der Waals surface area contributed by atoms with Crippen LogP contribution in [-0.2, 0) is 0 Å². The Bertz CT molecular complexity index is 346. The fraction of sp³-hybridized carbons (Fsp3) is 0.400. The molecule has 1 aromatic rings. The highest BCUT2D eigenvalue weighted by Gasteiger charge is 2.15. The number of hydrogen-bond donors (Lipinski definition) is 2. The highest BCUT2D eigenvalue weighted by molar-refractivity contribution is 7.99. The number of aromatic nitrogens is 1. The molecule has 15 heavy (non-hydrogen) atoms. The Kier molecular flexibility index (Phi) is 3.11. The summed E-state index contributed by atoms with van der Waals surface area (Å²) >= 11 is 1.95. The number of primary amides is 1. The normalized spacial score (nSPS) is 20.1. The number of carbonyl (C=O) groups is 1. The molecule has 1 aliphatic heterocycles. The number of thioether (sulfide) groups is 1. The number of pyridine rings is 1. The minimum Gasteiger partial charge on any atom is -0.366 e. The van der Waals surface area contributed by atoms with E-state index >= 15 is 0 Å². The lowest BCUT2D eigenvalue weighted by Crippen LogP contribution is -2.19. The van der Waals surface area contributed by atoms with Crippen molar-refractivity contribution in [3.63, 3.8) is 0 Å². The van der Waals surface area contributed by atoms with Crippen LogP contribution in [0, 0.1) is 0 Å². The van der Waals surface area contributed by atoms with E-state index in [0.717, 1.165) is 11.6 Å². The average molecular weight is 223 g/mol. The summed E-state index contributed by atoms with van der Waals surface area (Å²) in [4.78, 5) is 15.0. The number of hydrogen-bond acceptors (Lipinski definition) is 4. The fourth-order valence-corrected chi connectivity index (χ4v) is 2.63. The maximum Gasteiger partial charge on any atom is 0.250 e. The van der Waals surface area contributed by atoms with E-state index in [-0.39, 0.29) is 0 Å². The molecular formula is C10H13N3OS. The van der Waals surface area contributed by atoms with Gasteiger partial charge in [0.15, 0.2) is 0 Å². The minimum absolute atomic E-state index is 0.439. The van der Waals surface area contributed by atoms with Gasteiger partial charge in [0.1, 0.15) is 5.82 Å². The van der Waals surface area contributed by atoms with Crippen molar-refractivity contribution in [1.29, 1.82) is 0 Å². The van der Waals surface area contributed by atoms with Gasteiger partial charge in [-0.1, -0.05) is 0 Å². The van der Waals surface area contributed by atoms with Gasteiger partial charge in [0.2, 0.25) is 5.91 Å². The van der Waals surface area contributed by atoms with Crippen LogP contribution in [0.15, 0.2) is 18.3 Å². The largest absolute Gasteiger partial charge is 0.366 e. The van der Waals surface area contributed by atoms with Crippen molar-refractivity contribution in [2.45, 2.75) is 12.5 Å². The molecule has 1 amide bonds. The van der Waals surface area contributed by atoms with Crippen molar-refractivity contribution >= 4 is 23.5 Å². The summed E-state index contributed by atoms with van der Waals surface area (Å²) in [6.07, 6.45) is 2.68. The Balaban J connectivity index is 2.00. The molecular weight excluding hydrogens is 210 g/mol. The quantitative estimate of drug-likeness (QED) is 0.805. The number of nitrogens with one attached hydrogen (secondary N) is 1. The number of carbonyl (C=O) groups excluding carboxylic acids is 1. The molecule has 1 aromatic heterocycles. The van der Waals surface area contributed by atoms with Gasteiger partial charge in [-0.2, -0.15) is 11.8 Å². The average Bonchev–Trinajstić information content (AvgIpc) is 2.71. The molecule has 0 spiro atoms. The second-order valence-corrected chi connectivity index (χ2v) is 4.65. The van der Waals surface area contributed by atoms with E-state index in [1.807, 2.05) is 11.8 Å². The molecule has 1 unspecified atom stereocenters. The first kappa shape index (κ1) is 10.3. The molecule has 1 fully saturated rings. The van der Waals surface area contributed by atoms with Crippen molar-refractivity contribution in [1.82, 2.24) is 4.98 Å². The lowest BCUT2D eigenvalue weighted by atomic mass is 10.2. The van der Waals surface area contributed by atoms with Gasteiger partial charge in [0.25, 0.3) is 0 Å². The summed E-state index contributed by atoms with van der Waals surface area (Å²) in [7, 11) is 0. The van der Waals surface area contributed by atoms with Gasteiger partial charge in [0.05, 0.1) is 5.56 Å². The lowest BCUT2D eigenvalue weighted by molar-refractivity contribution is 0.1000. The summed E-state index contributed by atoms with van der Waals surface area (Å²) in [6, 6.07) is 3.99. The molecule has 0 saturated carbocycles. The number of anilines is 1. The van der Waals surface area contributed by atoms with Crippen LogP contribution >= 0.6 is 11.8 Å². The highest BCUT2D eigenvalue weighted by Crippen LogP contribution is 2.20. The fourth-order valence-electron chi connectivity index (χ4n) is 1.48. The zero-order chi connectivity index (χ0) is 10.7. The maximum atomic E-state index is 10.8. The van der Waals surface area contributed by atoms with Crippen LogP contribution in [0.3, 0.4) is 0 Å². The number of nitrogens with zero attached hydrogens (tertiary/aromatic N) is 1. The molecule has 5 heteroatoms. The van der Waals surface area contributed by atoms with Gasteiger partial charge in [-0.05, 0) is 24.3 Å². The minimum atomic E-state index is -0.439. The van der Waals surface area contributed by atoms with Gasteiger partial charge in [-0.15, -0.1) is 0 Å². The summed E-state index contributed by atoms with van der Waals surface area (Å²) in [5.41, 5.74) is 5.57. The molecule has 80 valence electrons. The summed E-state index contributed by atoms with van der Waals surface area (Å²) < 4.78 is 0. The number of nitrogens with two attached hydrogens (primary N) is 1. The van der Waals surface area contributed by atoms with E-state index < -0.39 is 5.91 Å². The first-order valence-corrected chi connectivity index (χ1v) is 6.01. The van der Waals surface area contributed by atoms with E-state index in [1.54, 1.807) is 12.1 Å². The molecule has 3 N–H and O–H groups in total. The molecule has 2 rings (SSSR count). The molecule has 0 aromatic carbocycles. The molecule has 0 aliphatic carbocycles. The van der Waals surface area contributed by atoms with E-state index in [0.29, 0.717) is 11.6 Å². The number of amides is 1. The van der Waals surface area contributed by atoms with Crippen molar-refractivity contribution in [3.8, 4) is 0 Å². The Morgan fingerprint density at radius 3 is 3.00 bits per heavy atom. The SMILES string of the molecule is NC(=O)c1ccc(NC2CCSC2)nc1. The zero-order valence-electron chi connectivity index (χ0n) is 8.27. The zero-order valence-corrected chi connectivity index (χ0v) is 9.09. The van der Waals surface area contributed by atoms with Crippen molar-refractivity contribution in [2.24, 2.45) is 5.73 Å². The van der Waals surface area contributed by atoms with Crippen molar-refractivity contribution in [3.05, 3.63) is 23.9 Å². The van der Waals surface area contributed by atoms with E-state index in [9.17, 15) is 4.79 Å². The topological polar surface area (TPSA) is 68.0 Å². The van der Waals surface area contributed by atoms with Crippen LogP contribution < -0.4 is 11.1 Å². The van der Waals surface area contributed by atoms with Crippen molar-refractivity contribution in [2.75, 3.05) is 16.8 Å². The van der Waals surface area contributed by atoms with Crippen LogP contribution in [0.4, 0.5) is 5.82 Å². The lowest BCUT2D eigenvalue weighted by Gasteiger charge is -2.11. The predicted molar refractivity (Wildman–Crippen MR) is 62.1 cm³/mol. The molecule has 2 heterocycles. The van der Waals surface area contributed by atoms with Gasteiger partial charge in [0, 0.05) is 18.0 Å². The van der Waals surface area contributed by atoms with Crippen LogP contribution in [0.1, 0.15) is 16.8 Å².